The maximum atomic E-state index is 13.2. The molecule has 0 radical (unpaired) electrons. The van der Waals surface area contributed by atoms with Crippen LogP contribution in [0.5, 0.6) is 0 Å². The van der Waals surface area contributed by atoms with E-state index in [2.05, 4.69) is 19.8 Å². The normalized spacial score (nSPS) is 20.0. The number of nitrogens with zero attached hydrogens (tertiary/aromatic N) is 5. The number of nitrogens with two attached hydrogens (primary N) is 1. The molecule has 214 valence electrons. The molecule has 0 spiro atoms. The molecule has 10 nitrogen and oxygen atoms in total. The lowest BCUT2D eigenvalue weighted by Gasteiger charge is -2.30. The lowest BCUT2D eigenvalue weighted by atomic mass is 9.91. The van der Waals surface area contributed by atoms with Crippen LogP contribution in [0.4, 0.5) is 13.2 Å². The number of guanidine groups is 2. The molecule has 0 unspecified atom stereocenters. The van der Waals surface area contributed by atoms with Gasteiger partial charge < -0.3 is 5.73 Å². The first kappa shape index (κ1) is 29.5. The molecule has 1 fully saturated rings. The van der Waals surface area contributed by atoms with Crippen LogP contribution in [-0.2, 0) is 15.0 Å². The van der Waals surface area contributed by atoms with Gasteiger partial charge in [0.25, 0.3) is 5.96 Å². The summed E-state index contributed by atoms with van der Waals surface area (Å²) >= 11 is 6.06. The van der Waals surface area contributed by atoms with Crippen molar-refractivity contribution >= 4 is 45.3 Å². The van der Waals surface area contributed by atoms with Crippen molar-refractivity contribution in [3.63, 3.8) is 0 Å². The molecule has 1 saturated heterocycles. The first-order valence-electron chi connectivity index (χ1n) is 12.3. The maximum Gasteiger partial charge on any atom is 0.391 e. The van der Waals surface area contributed by atoms with Crippen LogP contribution in [0, 0.1) is 5.92 Å². The third kappa shape index (κ3) is 7.17. The van der Waals surface area contributed by atoms with Crippen LogP contribution in [0.1, 0.15) is 36.8 Å². The summed E-state index contributed by atoms with van der Waals surface area (Å²) < 4.78 is 70.5. The zero-order valence-electron chi connectivity index (χ0n) is 21.3. The molecule has 1 atom stereocenters. The summed E-state index contributed by atoms with van der Waals surface area (Å²) in [6.07, 6.45) is -5.18. The number of rotatable bonds is 4. The predicted octanol–water partition coefficient (Wildman–Crippen LogP) is 3.47. The Kier molecular flexibility index (Phi) is 8.80. The minimum Gasteiger partial charge on any atom is -0.369 e. The molecule has 40 heavy (non-hydrogen) atoms. The number of hydrogen-bond acceptors (Lipinski definition) is 4. The number of nitrogens with one attached hydrogen (secondary N) is 1. The second-order valence-corrected chi connectivity index (χ2v) is 11.3. The summed E-state index contributed by atoms with van der Waals surface area (Å²) in [5.41, 5.74) is 8.01. The van der Waals surface area contributed by atoms with E-state index in [0.717, 1.165) is 15.4 Å². The largest absolute Gasteiger partial charge is 0.391 e. The first-order valence-corrected chi connectivity index (χ1v) is 14.1. The average Bonchev–Trinajstić information content (AvgIpc) is 3.34. The van der Waals surface area contributed by atoms with E-state index in [0.29, 0.717) is 10.7 Å². The molecule has 2 aromatic rings. The van der Waals surface area contributed by atoms with Gasteiger partial charge in [0.05, 0.1) is 18.2 Å². The number of aliphatic imine (C=N–C) groups is 1. The predicted molar refractivity (Wildman–Crippen MR) is 146 cm³/mol. The molecule has 2 aromatic carbocycles. The van der Waals surface area contributed by atoms with E-state index < -0.39 is 40.1 Å². The molecular weight excluding hydrogens is 571 g/mol. The lowest BCUT2D eigenvalue weighted by molar-refractivity contribution is -0.182. The summed E-state index contributed by atoms with van der Waals surface area (Å²) in [7, 11) is -4.48. The monoisotopic (exact) mass is 597 g/mol. The third-order valence-corrected chi connectivity index (χ3v) is 8.12. The van der Waals surface area contributed by atoms with Crippen molar-refractivity contribution in [1.29, 1.82) is 0 Å². The summed E-state index contributed by atoms with van der Waals surface area (Å²) in [6, 6.07) is 16.3. The summed E-state index contributed by atoms with van der Waals surface area (Å²) in [5.74, 6) is -3.35. The smallest absolute Gasteiger partial charge is 0.369 e. The second kappa shape index (κ2) is 11.9. The Morgan fingerprint density at radius 3 is 2.30 bits per heavy atom. The molecule has 2 aliphatic rings. The third-order valence-electron chi connectivity index (χ3n) is 6.45. The van der Waals surface area contributed by atoms with Crippen LogP contribution >= 0.6 is 11.6 Å². The van der Waals surface area contributed by atoms with Gasteiger partial charge in [-0.15, -0.1) is 4.40 Å². The molecule has 4 rings (SSSR count). The van der Waals surface area contributed by atoms with Gasteiger partial charge in [0.2, 0.25) is 11.9 Å². The Hall–Kier alpha value is -3.49. The van der Waals surface area contributed by atoms with E-state index in [1.807, 2.05) is 30.3 Å². The molecule has 0 aliphatic carbocycles. The second-order valence-electron chi connectivity index (χ2n) is 9.30. The van der Waals surface area contributed by atoms with Crippen molar-refractivity contribution in [2.45, 2.75) is 31.9 Å². The van der Waals surface area contributed by atoms with Crippen LogP contribution < -0.4 is 11.1 Å². The topological polar surface area (TPSA) is 133 Å². The first-order chi connectivity index (χ1) is 18.8. The number of alkyl halides is 3. The Morgan fingerprint density at radius 2 is 1.73 bits per heavy atom. The van der Waals surface area contributed by atoms with Gasteiger partial charge >= 0.3 is 16.4 Å². The van der Waals surface area contributed by atoms with Crippen molar-refractivity contribution in [1.82, 2.24) is 14.6 Å². The van der Waals surface area contributed by atoms with Crippen LogP contribution in [0.15, 0.2) is 69.1 Å². The van der Waals surface area contributed by atoms with E-state index in [1.54, 1.807) is 24.3 Å². The van der Waals surface area contributed by atoms with Crippen LogP contribution in [0.3, 0.4) is 0 Å². The van der Waals surface area contributed by atoms with Crippen molar-refractivity contribution in [3.8, 4) is 0 Å². The Morgan fingerprint density at radius 1 is 1.10 bits per heavy atom. The molecule has 3 N–H and O–H groups in total. The maximum absolute atomic E-state index is 13.2. The Bertz CT molecular complexity index is 1420. The van der Waals surface area contributed by atoms with Crippen LogP contribution in [0.2, 0.25) is 5.02 Å². The van der Waals surface area contributed by atoms with Crippen molar-refractivity contribution in [2.24, 2.45) is 26.1 Å². The number of piperidine rings is 1. The lowest BCUT2D eigenvalue weighted by Crippen LogP contribution is -2.42. The molecule has 0 saturated carbocycles. The number of hydrazone groups is 1. The van der Waals surface area contributed by atoms with Gasteiger partial charge in [-0.1, -0.05) is 54.1 Å². The minimum atomic E-state index is -4.48. The average molecular weight is 598 g/mol. The molecule has 2 aliphatic heterocycles. The minimum absolute atomic E-state index is 0.114. The number of hydrogen-bond donors (Lipinski definition) is 2. The number of amides is 1. The highest BCUT2D eigenvalue weighted by Crippen LogP contribution is 2.35. The van der Waals surface area contributed by atoms with E-state index in [9.17, 15) is 26.4 Å². The number of halogens is 4. The van der Waals surface area contributed by atoms with E-state index in [1.165, 1.54) is 11.9 Å². The zero-order chi connectivity index (χ0) is 29.1. The highest BCUT2D eigenvalue weighted by Gasteiger charge is 2.43. The van der Waals surface area contributed by atoms with Crippen LogP contribution in [-0.4, -0.2) is 67.1 Å². The van der Waals surface area contributed by atoms with Crippen molar-refractivity contribution in [3.05, 3.63) is 70.7 Å². The van der Waals surface area contributed by atoms with Crippen molar-refractivity contribution < 1.29 is 26.4 Å². The van der Waals surface area contributed by atoms with Crippen molar-refractivity contribution in [2.75, 3.05) is 19.6 Å². The molecule has 0 aromatic heterocycles. The van der Waals surface area contributed by atoms with Gasteiger partial charge in [-0.05, 0) is 36.1 Å². The SMILES string of the molecule is CC(=O)N/C(N)=N/C(=N/S(=O)(=O)N1CCC(C(F)(F)F)CC1)N1C[C@@H](c2ccccc2)C(c2ccc(Cl)cc2)=N1. The fraction of sp³-hybridized carbons (Fsp3) is 0.360. The molecular formula is C25H27ClF3N7O3S. The van der Waals surface area contributed by atoms with Gasteiger partial charge in [0.1, 0.15) is 0 Å². The Balaban J connectivity index is 1.73. The van der Waals surface area contributed by atoms with Gasteiger partial charge in [-0.2, -0.15) is 36.0 Å². The van der Waals surface area contributed by atoms with Gasteiger partial charge in [-0.3, -0.25) is 10.1 Å². The van der Waals surface area contributed by atoms with Gasteiger partial charge in [0.15, 0.2) is 0 Å². The summed E-state index contributed by atoms with van der Waals surface area (Å²) in [4.78, 5) is 15.5. The quantitative estimate of drug-likeness (QED) is 0.411. The number of carbonyl (C=O) groups is 1. The highest BCUT2D eigenvalue weighted by molar-refractivity contribution is 7.87. The number of benzene rings is 2. The molecule has 0 bridgehead atoms. The standard InChI is InChI=1S/C25H27ClF3N7O3S/c1-16(37)31-23(30)32-24(34-40(38,39)35-13-11-19(12-14-35)25(27,28)29)36-15-21(17-5-3-2-4-6-17)22(33-36)18-7-9-20(26)10-8-18/h2-10,19,21H,11-15H2,1H3,(H3,30,31,32,34,37)/t21-/m0/s1. The zero-order valence-corrected chi connectivity index (χ0v) is 22.9. The van der Waals surface area contributed by atoms with E-state index in [-0.39, 0.29) is 38.4 Å². The molecule has 15 heteroatoms. The Labute approximate surface area is 234 Å². The summed E-state index contributed by atoms with van der Waals surface area (Å²) in [6.45, 7) is 0.586. The fourth-order valence-corrected chi connectivity index (χ4v) is 5.73. The van der Waals surface area contributed by atoms with Gasteiger partial charge in [-0.25, -0.2) is 5.01 Å². The fourth-order valence-electron chi connectivity index (χ4n) is 4.47. The van der Waals surface area contributed by atoms with Gasteiger partial charge in [0, 0.05) is 31.0 Å². The number of carbonyl (C=O) groups excluding carboxylic acids is 1. The van der Waals surface area contributed by atoms with E-state index in [4.69, 9.17) is 17.3 Å². The molecule has 2 heterocycles. The van der Waals surface area contributed by atoms with E-state index >= 15 is 0 Å². The molecule has 1 amide bonds. The summed E-state index contributed by atoms with van der Waals surface area (Å²) in [5, 5.41) is 8.65. The van der Waals surface area contributed by atoms with Crippen LogP contribution in [0.25, 0.3) is 0 Å². The highest BCUT2D eigenvalue weighted by atomic mass is 35.5.